The first kappa shape index (κ1) is 36.1. The molecule has 13 heteroatoms. The summed E-state index contributed by atoms with van der Waals surface area (Å²) >= 11 is 4.71. The first-order valence-electron chi connectivity index (χ1n) is 15.6. The number of halogens is 1. The third-order valence-corrected chi connectivity index (χ3v) is 11.7. The standard InChI is InChI=1S/C36H37BrN2O8S2/c1-3-19-45-31(40)23-46-33-32(37)34(48-35(33)36(41)47-22-26-11-7-14-30(20-26)44-2)27-12-8-13-29(21-27)39(28-15-17-38-18-16-28)49(42,43)24-25-9-5-4-6-10-25/h3-14,20-21,28,38H,1,15-19,22-24H2,2H3. The Bertz CT molecular complexity index is 1870. The first-order valence-corrected chi connectivity index (χ1v) is 18.8. The topological polar surface area (TPSA) is 120 Å². The molecule has 2 heterocycles. The van der Waals surface area contributed by atoms with Crippen molar-refractivity contribution in [2.45, 2.75) is 31.2 Å². The van der Waals surface area contributed by atoms with Gasteiger partial charge in [-0.05, 0) is 82.8 Å². The second kappa shape index (κ2) is 17.0. The molecule has 1 saturated heterocycles. The van der Waals surface area contributed by atoms with Crippen molar-refractivity contribution in [1.29, 1.82) is 0 Å². The van der Waals surface area contributed by atoms with Crippen LogP contribution in [0.3, 0.4) is 0 Å². The molecule has 1 aliphatic heterocycles. The minimum Gasteiger partial charge on any atom is -0.497 e. The van der Waals surface area contributed by atoms with Crippen molar-refractivity contribution >= 4 is 54.9 Å². The minimum absolute atomic E-state index is 0.0151. The van der Waals surface area contributed by atoms with Crippen molar-refractivity contribution in [2.75, 3.05) is 37.7 Å². The minimum atomic E-state index is -3.79. The fourth-order valence-electron chi connectivity index (χ4n) is 5.42. The molecule has 0 unspecified atom stereocenters. The summed E-state index contributed by atoms with van der Waals surface area (Å²) in [5.74, 6) is -0.705. The summed E-state index contributed by atoms with van der Waals surface area (Å²) in [5, 5.41) is 3.32. The van der Waals surface area contributed by atoms with Crippen LogP contribution in [0, 0.1) is 0 Å². The lowest BCUT2D eigenvalue weighted by molar-refractivity contribution is -0.144. The van der Waals surface area contributed by atoms with Crippen molar-refractivity contribution in [1.82, 2.24) is 5.32 Å². The zero-order chi connectivity index (χ0) is 34.8. The van der Waals surface area contributed by atoms with E-state index in [1.165, 1.54) is 6.08 Å². The van der Waals surface area contributed by atoms with E-state index in [1.807, 2.05) is 30.3 Å². The summed E-state index contributed by atoms with van der Waals surface area (Å²) in [6, 6.07) is 23.3. The predicted octanol–water partition coefficient (Wildman–Crippen LogP) is 6.74. The van der Waals surface area contributed by atoms with E-state index < -0.39 is 28.6 Å². The molecular formula is C36H37BrN2O8S2. The van der Waals surface area contributed by atoms with Gasteiger partial charge in [0.2, 0.25) is 10.0 Å². The third-order valence-electron chi connectivity index (χ3n) is 7.69. The normalized spacial score (nSPS) is 13.3. The van der Waals surface area contributed by atoms with Crippen LogP contribution in [0.25, 0.3) is 10.4 Å². The number of hydrogen-bond donors (Lipinski definition) is 1. The number of sulfonamides is 1. The molecule has 0 bridgehead atoms. The maximum absolute atomic E-state index is 14.1. The maximum Gasteiger partial charge on any atom is 0.352 e. The molecule has 0 radical (unpaired) electrons. The maximum atomic E-state index is 14.1. The Hall–Kier alpha value is -4.17. The largest absolute Gasteiger partial charge is 0.497 e. The summed E-state index contributed by atoms with van der Waals surface area (Å²) < 4.78 is 52.0. The van der Waals surface area contributed by atoms with Gasteiger partial charge in [0.1, 0.15) is 19.0 Å². The number of carbonyl (C=O) groups excluding carboxylic acids is 2. The lowest BCUT2D eigenvalue weighted by Crippen LogP contribution is -2.46. The molecule has 1 aromatic heterocycles. The van der Waals surface area contributed by atoms with E-state index in [0.29, 0.717) is 57.8 Å². The number of esters is 2. The fraction of sp³-hybridized carbons (Fsp3) is 0.278. The van der Waals surface area contributed by atoms with Gasteiger partial charge in [0.05, 0.1) is 27.9 Å². The van der Waals surface area contributed by atoms with Crippen LogP contribution in [0.1, 0.15) is 33.6 Å². The van der Waals surface area contributed by atoms with E-state index in [0.717, 1.165) is 16.9 Å². The van der Waals surface area contributed by atoms with Gasteiger partial charge in [0.15, 0.2) is 17.2 Å². The van der Waals surface area contributed by atoms with Crippen LogP contribution in [0.4, 0.5) is 5.69 Å². The summed E-state index contributed by atoms with van der Waals surface area (Å²) in [6.45, 7) is 4.48. The smallest absolute Gasteiger partial charge is 0.352 e. The van der Waals surface area contributed by atoms with Gasteiger partial charge in [0, 0.05) is 6.04 Å². The van der Waals surface area contributed by atoms with E-state index in [1.54, 1.807) is 59.9 Å². The molecule has 0 amide bonds. The van der Waals surface area contributed by atoms with Crippen LogP contribution in [0.2, 0.25) is 0 Å². The SMILES string of the molecule is C=CCOC(=O)COc1c(C(=O)OCc2cccc(OC)c2)sc(-c2cccc(N(C3CCNCC3)S(=O)(=O)Cc3ccccc3)c2)c1Br. The Morgan fingerprint density at radius 2 is 1.73 bits per heavy atom. The summed E-state index contributed by atoms with van der Waals surface area (Å²) in [5.41, 5.74) is 2.58. The number of anilines is 1. The van der Waals surface area contributed by atoms with Crippen LogP contribution in [-0.4, -0.2) is 59.8 Å². The molecular weight excluding hydrogens is 732 g/mol. The Morgan fingerprint density at radius 1 is 1.00 bits per heavy atom. The quantitative estimate of drug-likeness (QED) is 0.104. The highest BCUT2D eigenvalue weighted by Crippen LogP contribution is 2.47. The second-order valence-corrected chi connectivity index (χ2v) is 14.8. The summed E-state index contributed by atoms with van der Waals surface area (Å²) in [6.07, 6.45) is 2.76. The number of benzene rings is 3. The average Bonchev–Trinajstić information content (AvgIpc) is 3.45. The van der Waals surface area contributed by atoms with Crippen LogP contribution in [0.15, 0.2) is 96.0 Å². The lowest BCUT2D eigenvalue weighted by Gasteiger charge is -2.35. The summed E-state index contributed by atoms with van der Waals surface area (Å²) in [4.78, 5) is 26.6. The highest BCUT2D eigenvalue weighted by molar-refractivity contribution is 9.10. The summed E-state index contributed by atoms with van der Waals surface area (Å²) in [7, 11) is -2.23. The van der Waals surface area contributed by atoms with E-state index >= 15 is 0 Å². The predicted molar refractivity (Wildman–Crippen MR) is 194 cm³/mol. The van der Waals surface area contributed by atoms with Gasteiger partial charge in [-0.3, -0.25) is 4.31 Å². The van der Waals surface area contributed by atoms with Gasteiger partial charge in [-0.25, -0.2) is 18.0 Å². The fourth-order valence-corrected chi connectivity index (χ4v) is 9.22. The number of hydrogen-bond acceptors (Lipinski definition) is 10. The molecule has 1 N–H and O–H groups in total. The number of piperidine rings is 1. The van der Waals surface area contributed by atoms with Gasteiger partial charge < -0.3 is 24.3 Å². The molecule has 10 nitrogen and oxygen atoms in total. The second-order valence-electron chi connectivity index (χ2n) is 11.2. The molecule has 5 rings (SSSR count). The monoisotopic (exact) mass is 768 g/mol. The van der Waals surface area contributed by atoms with E-state index in [-0.39, 0.29) is 35.6 Å². The molecule has 4 aromatic rings. The molecule has 49 heavy (non-hydrogen) atoms. The highest BCUT2D eigenvalue weighted by Gasteiger charge is 2.32. The van der Waals surface area contributed by atoms with Crippen LogP contribution >= 0.6 is 27.3 Å². The van der Waals surface area contributed by atoms with Crippen molar-refractivity contribution in [3.8, 4) is 21.9 Å². The number of carbonyl (C=O) groups is 2. The Labute approximate surface area is 298 Å². The molecule has 3 aromatic carbocycles. The van der Waals surface area contributed by atoms with Gasteiger partial charge in [-0.1, -0.05) is 67.3 Å². The van der Waals surface area contributed by atoms with Gasteiger partial charge in [-0.2, -0.15) is 0 Å². The van der Waals surface area contributed by atoms with E-state index in [4.69, 9.17) is 18.9 Å². The number of ether oxygens (including phenoxy) is 4. The number of nitrogens with zero attached hydrogens (tertiary/aromatic N) is 1. The Morgan fingerprint density at radius 3 is 2.47 bits per heavy atom. The van der Waals surface area contributed by atoms with Crippen molar-refractivity contribution in [2.24, 2.45) is 0 Å². The molecule has 1 aliphatic rings. The molecule has 0 spiro atoms. The van der Waals surface area contributed by atoms with Gasteiger partial charge >= 0.3 is 11.9 Å². The number of methoxy groups -OCH3 is 1. The number of thiophene rings is 1. The number of rotatable bonds is 15. The molecule has 0 atom stereocenters. The highest BCUT2D eigenvalue weighted by atomic mass is 79.9. The van der Waals surface area contributed by atoms with Crippen LogP contribution in [0.5, 0.6) is 11.5 Å². The van der Waals surface area contributed by atoms with E-state index in [9.17, 15) is 18.0 Å². The van der Waals surface area contributed by atoms with Crippen molar-refractivity contribution < 1.29 is 37.0 Å². The third kappa shape index (κ3) is 9.30. The van der Waals surface area contributed by atoms with Crippen LogP contribution in [-0.2, 0) is 36.7 Å². The molecule has 0 aliphatic carbocycles. The van der Waals surface area contributed by atoms with Crippen molar-refractivity contribution in [3.63, 3.8) is 0 Å². The Balaban J connectivity index is 1.49. The average molecular weight is 770 g/mol. The molecule has 258 valence electrons. The van der Waals surface area contributed by atoms with Gasteiger partial charge in [0.25, 0.3) is 0 Å². The first-order chi connectivity index (χ1) is 23.7. The zero-order valence-corrected chi connectivity index (χ0v) is 30.2. The molecule has 0 saturated carbocycles. The van der Waals surface area contributed by atoms with Gasteiger partial charge in [-0.15, -0.1) is 11.3 Å². The van der Waals surface area contributed by atoms with Crippen LogP contribution < -0.4 is 19.1 Å². The van der Waals surface area contributed by atoms with Crippen molar-refractivity contribution in [3.05, 3.63) is 112 Å². The molecule has 1 fully saturated rings. The van der Waals surface area contributed by atoms with E-state index in [2.05, 4.69) is 27.8 Å². The zero-order valence-electron chi connectivity index (χ0n) is 26.9. The Kier molecular flexibility index (Phi) is 12.5. The lowest BCUT2D eigenvalue weighted by atomic mass is 10.1. The number of nitrogens with one attached hydrogen (secondary N) is 1.